The second-order valence-electron chi connectivity index (χ2n) is 18.5. The maximum Gasteiger partial charge on any atom is 0.157 e. The molecule has 0 radical (unpaired) electrons. The van der Waals surface area contributed by atoms with Gasteiger partial charge in [0.05, 0.1) is 12.1 Å². The predicted octanol–water partition coefficient (Wildman–Crippen LogP) is 17.6. The Morgan fingerprint density at radius 2 is 1.21 bits per heavy atom. The number of nitrogens with two attached hydrogens (primary N) is 1. The Balaban J connectivity index is 0.837. The number of amidine groups is 2. The average Bonchev–Trinajstić information content (AvgIpc) is 4.24. The van der Waals surface area contributed by atoms with Crippen LogP contribution < -0.4 is 5.73 Å². The van der Waals surface area contributed by atoms with Gasteiger partial charge in [0.1, 0.15) is 17.0 Å². The van der Waals surface area contributed by atoms with Crippen molar-refractivity contribution in [1.82, 2.24) is 4.57 Å². The number of para-hydroxylation sites is 1. The summed E-state index contributed by atoms with van der Waals surface area (Å²) in [6.07, 6.45) is 6.77. The molecule has 0 aliphatic heterocycles. The molecule has 0 unspecified atom stereocenters. The molecule has 14 aromatic rings. The third-order valence-corrected chi connectivity index (χ3v) is 17.8. The molecule has 0 bridgehead atoms. The summed E-state index contributed by atoms with van der Waals surface area (Å²) in [5, 5.41) is 11.0. The minimum atomic E-state index is 0.380. The van der Waals surface area contributed by atoms with Crippen LogP contribution in [0.2, 0.25) is 0 Å². The normalized spacial score (nSPS) is 13.5. The first-order valence-electron chi connectivity index (χ1n) is 24.0. The fraction of sp³-hybridized carbons (Fsp3) is 0.0476. The third kappa shape index (κ3) is 6.49. The Labute approximate surface area is 419 Å². The van der Waals surface area contributed by atoms with E-state index in [0.717, 1.165) is 57.0 Å². The lowest BCUT2D eigenvalue weighted by Crippen LogP contribution is -2.16. The molecule has 0 atom stereocenters. The molecule has 8 heteroatoms. The standard InChI is InChI=1S/C63H40N4OS3/c64-62(37-23-27-46-44-14-3-7-20-54(44)69-57(46)32-37)66-63(38-24-28-47-45-15-4-8-21-55(45)70-58(47)33-38)65-35-39-11-9-19-53-60(39)49-31-36(25-30-52(49)68-53)41-16-10-22-56-61(41)48-29-26-40(34-59(48)71-56)67-50-17-5-1-12-42(50)43-13-2-6-18-51(43)67/h1,3-12,14-34H,2,13,35H2,(H2,64,65,66). The summed E-state index contributed by atoms with van der Waals surface area (Å²) in [4.78, 5) is 10.5. The molecule has 71 heavy (non-hydrogen) atoms. The van der Waals surface area contributed by atoms with E-state index in [0.29, 0.717) is 18.2 Å². The van der Waals surface area contributed by atoms with Gasteiger partial charge in [0.2, 0.25) is 0 Å². The second kappa shape index (κ2) is 15.9. The third-order valence-electron chi connectivity index (χ3n) is 14.4. The number of aromatic nitrogens is 1. The molecular formula is C63H40N4OS3. The Bertz CT molecular complexity index is 4650. The number of nitrogens with zero attached hydrogens (tertiary/aromatic N) is 3. The minimum Gasteiger partial charge on any atom is -0.456 e. The summed E-state index contributed by atoms with van der Waals surface area (Å²) in [5.74, 6) is 1.01. The number of fused-ring (bicyclic) bond motifs is 15. The van der Waals surface area contributed by atoms with E-state index < -0.39 is 0 Å². The summed E-state index contributed by atoms with van der Waals surface area (Å²) in [7, 11) is 0. The number of hydrogen-bond acceptors (Lipinski definition) is 5. The fourth-order valence-corrected chi connectivity index (χ4v) is 14.6. The highest BCUT2D eigenvalue weighted by Gasteiger charge is 2.21. The van der Waals surface area contributed by atoms with Crippen molar-refractivity contribution in [3.8, 4) is 16.8 Å². The summed E-state index contributed by atoms with van der Waals surface area (Å²) in [6.45, 7) is 0.380. The van der Waals surface area contributed by atoms with Crippen molar-refractivity contribution in [2.45, 2.75) is 19.4 Å². The first-order chi connectivity index (χ1) is 35.1. The van der Waals surface area contributed by atoms with Gasteiger partial charge in [0.25, 0.3) is 0 Å². The van der Waals surface area contributed by atoms with Gasteiger partial charge in [-0.1, -0.05) is 121 Å². The van der Waals surface area contributed by atoms with E-state index in [9.17, 15) is 0 Å². The van der Waals surface area contributed by atoms with Crippen molar-refractivity contribution in [2.75, 3.05) is 0 Å². The van der Waals surface area contributed by atoms with Crippen LogP contribution in [0.5, 0.6) is 0 Å². The van der Waals surface area contributed by atoms with Crippen LogP contribution in [0.1, 0.15) is 34.4 Å². The fourth-order valence-electron chi connectivity index (χ4n) is 11.1. The molecule has 336 valence electrons. The van der Waals surface area contributed by atoms with Gasteiger partial charge in [-0.25, -0.2) is 4.99 Å². The van der Waals surface area contributed by atoms with Gasteiger partial charge in [0, 0.05) is 99.2 Å². The van der Waals surface area contributed by atoms with Crippen LogP contribution in [0.25, 0.3) is 116 Å². The van der Waals surface area contributed by atoms with Gasteiger partial charge in [-0.3, -0.25) is 4.99 Å². The number of aliphatic imine (C=N–C) groups is 2. The zero-order valence-electron chi connectivity index (χ0n) is 38.1. The highest BCUT2D eigenvalue weighted by Crippen LogP contribution is 2.44. The molecule has 15 rings (SSSR count). The number of rotatable bonds is 6. The summed E-state index contributed by atoms with van der Waals surface area (Å²) in [5.41, 5.74) is 19.1. The number of benzene rings is 9. The minimum absolute atomic E-state index is 0.380. The lowest BCUT2D eigenvalue weighted by Gasteiger charge is -2.12. The molecule has 2 N–H and O–H groups in total. The van der Waals surface area contributed by atoms with Gasteiger partial charge < -0.3 is 14.7 Å². The van der Waals surface area contributed by atoms with Crippen LogP contribution in [0.3, 0.4) is 0 Å². The van der Waals surface area contributed by atoms with Crippen molar-refractivity contribution < 1.29 is 4.42 Å². The quantitative estimate of drug-likeness (QED) is 0.133. The van der Waals surface area contributed by atoms with Crippen LogP contribution in [-0.4, -0.2) is 16.2 Å². The van der Waals surface area contributed by atoms with Crippen molar-refractivity contribution in [1.29, 1.82) is 0 Å². The first-order valence-corrected chi connectivity index (χ1v) is 26.4. The summed E-state index contributed by atoms with van der Waals surface area (Å²) < 4.78 is 16.5. The maximum atomic E-state index is 6.98. The zero-order chi connectivity index (χ0) is 46.7. The van der Waals surface area contributed by atoms with Gasteiger partial charge in [-0.2, -0.15) is 0 Å². The molecule has 1 aliphatic carbocycles. The summed E-state index contributed by atoms with van der Waals surface area (Å²) >= 11 is 5.43. The van der Waals surface area contributed by atoms with E-state index in [1.165, 1.54) is 93.9 Å². The molecule has 0 saturated heterocycles. The topological polar surface area (TPSA) is 68.8 Å². The van der Waals surface area contributed by atoms with E-state index in [1.54, 1.807) is 22.7 Å². The average molecular weight is 965 g/mol. The van der Waals surface area contributed by atoms with Crippen molar-refractivity contribution >= 4 is 145 Å². The highest BCUT2D eigenvalue weighted by atomic mass is 32.1. The van der Waals surface area contributed by atoms with E-state index in [1.807, 2.05) is 11.3 Å². The van der Waals surface area contributed by atoms with Crippen LogP contribution in [0.15, 0.2) is 202 Å². The SMILES string of the molecule is NC(=NC(=NCc1cccc2oc3ccc(-c4cccc5sc6cc(-n7c8c(c9ccccc97)CCC=C8)ccc6c45)cc3c12)c1ccc2c(c1)sc1ccccc12)c1ccc2c(c1)sc1ccccc12. The largest absolute Gasteiger partial charge is 0.456 e. The molecule has 0 amide bonds. The first kappa shape index (κ1) is 40.7. The van der Waals surface area contributed by atoms with Crippen molar-refractivity contribution in [3.05, 3.63) is 216 Å². The summed E-state index contributed by atoms with van der Waals surface area (Å²) in [6, 6.07) is 65.6. The lowest BCUT2D eigenvalue weighted by atomic mass is 9.97. The molecule has 9 aromatic carbocycles. The Morgan fingerprint density at radius 1 is 0.535 bits per heavy atom. The molecule has 5 aromatic heterocycles. The molecule has 0 spiro atoms. The van der Waals surface area contributed by atoms with Gasteiger partial charge in [-0.15, -0.1) is 34.0 Å². The number of furan rings is 1. The predicted molar refractivity (Wildman–Crippen MR) is 306 cm³/mol. The smallest absolute Gasteiger partial charge is 0.157 e. The Morgan fingerprint density at radius 3 is 2.04 bits per heavy atom. The van der Waals surface area contributed by atoms with E-state index in [4.69, 9.17) is 20.1 Å². The second-order valence-corrected chi connectivity index (χ2v) is 21.7. The van der Waals surface area contributed by atoms with Gasteiger partial charge >= 0.3 is 0 Å². The van der Waals surface area contributed by atoms with Crippen LogP contribution in [0, 0.1) is 0 Å². The molecule has 0 saturated carbocycles. The molecule has 1 aliphatic rings. The van der Waals surface area contributed by atoms with E-state index in [2.05, 4.69) is 199 Å². The number of hydrogen-bond donors (Lipinski definition) is 1. The van der Waals surface area contributed by atoms with Crippen LogP contribution in [-0.2, 0) is 13.0 Å². The van der Waals surface area contributed by atoms with Crippen LogP contribution >= 0.6 is 34.0 Å². The number of aryl methyl sites for hydroxylation is 1. The van der Waals surface area contributed by atoms with E-state index >= 15 is 0 Å². The zero-order valence-corrected chi connectivity index (χ0v) is 40.6. The Hall–Kier alpha value is -8.14. The molecule has 0 fully saturated rings. The molecule has 5 heterocycles. The monoisotopic (exact) mass is 964 g/mol. The van der Waals surface area contributed by atoms with Crippen molar-refractivity contribution in [2.24, 2.45) is 15.7 Å². The van der Waals surface area contributed by atoms with Crippen molar-refractivity contribution in [3.63, 3.8) is 0 Å². The number of thiophene rings is 3. The molecule has 5 nitrogen and oxygen atoms in total. The highest BCUT2D eigenvalue weighted by molar-refractivity contribution is 7.26. The van der Waals surface area contributed by atoms with Gasteiger partial charge in [0.15, 0.2) is 5.84 Å². The maximum absolute atomic E-state index is 6.98. The number of allylic oxidation sites excluding steroid dienone is 1. The lowest BCUT2D eigenvalue weighted by molar-refractivity contribution is 0.668. The molecular weight excluding hydrogens is 925 g/mol. The van der Waals surface area contributed by atoms with Gasteiger partial charge in [-0.05, 0) is 108 Å². The van der Waals surface area contributed by atoms with E-state index in [-0.39, 0.29) is 0 Å². The Kier molecular flexibility index (Phi) is 9.15. The van der Waals surface area contributed by atoms with Crippen LogP contribution in [0.4, 0.5) is 0 Å².